The fourth-order valence-corrected chi connectivity index (χ4v) is 2.76. The Labute approximate surface area is 113 Å². The van der Waals surface area contributed by atoms with E-state index in [1.54, 1.807) is 12.1 Å². The molecule has 0 spiro atoms. The number of hydrogen-bond acceptors (Lipinski definition) is 2. The van der Waals surface area contributed by atoms with Gasteiger partial charge in [0, 0.05) is 6.54 Å². The summed E-state index contributed by atoms with van der Waals surface area (Å²) in [5, 5.41) is 3.01. The molecule has 0 bridgehead atoms. The van der Waals surface area contributed by atoms with Gasteiger partial charge in [-0.15, -0.1) is 0 Å². The van der Waals surface area contributed by atoms with E-state index in [0.717, 1.165) is 31.2 Å². The minimum absolute atomic E-state index is 0.0318. The highest BCUT2D eigenvalue weighted by atomic mass is 19.1. The first-order chi connectivity index (χ1) is 9.07. The molecule has 19 heavy (non-hydrogen) atoms. The van der Waals surface area contributed by atoms with Gasteiger partial charge in [0.25, 0.3) is 0 Å². The molecule has 0 heterocycles. The number of nitrogens with one attached hydrogen (secondary N) is 1. The molecular weight excluding hydrogens is 243 g/mol. The topological polar surface area (TPSA) is 55.1 Å². The van der Waals surface area contributed by atoms with E-state index in [2.05, 4.69) is 5.32 Å². The zero-order valence-electron chi connectivity index (χ0n) is 11.3. The van der Waals surface area contributed by atoms with Crippen molar-refractivity contribution in [1.29, 1.82) is 0 Å². The van der Waals surface area contributed by atoms with E-state index >= 15 is 0 Å². The second-order valence-electron chi connectivity index (χ2n) is 5.44. The molecule has 1 aliphatic carbocycles. The SMILES string of the molecule is CC(NC(=O)C1(CN)CCCC1)c1ccc(F)cc1. The lowest BCUT2D eigenvalue weighted by Gasteiger charge is -2.28. The van der Waals surface area contributed by atoms with Crippen LogP contribution in [0.15, 0.2) is 24.3 Å². The Bertz CT molecular complexity index is 438. The van der Waals surface area contributed by atoms with E-state index in [1.165, 1.54) is 12.1 Å². The van der Waals surface area contributed by atoms with Crippen LogP contribution in [0.5, 0.6) is 0 Å². The maximum atomic E-state index is 12.9. The predicted molar refractivity (Wildman–Crippen MR) is 72.9 cm³/mol. The van der Waals surface area contributed by atoms with Crippen LogP contribution in [0.1, 0.15) is 44.2 Å². The molecule has 1 fully saturated rings. The molecule has 4 heteroatoms. The molecule has 3 N–H and O–H groups in total. The molecule has 1 aromatic rings. The van der Waals surface area contributed by atoms with Crippen molar-refractivity contribution in [2.45, 2.75) is 38.6 Å². The molecule has 1 aromatic carbocycles. The first-order valence-electron chi connectivity index (χ1n) is 6.84. The van der Waals surface area contributed by atoms with Gasteiger partial charge in [-0.2, -0.15) is 0 Å². The maximum Gasteiger partial charge on any atom is 0.227 e. The molecule has 0 saturated heterocycles. The average molecular weight is 264 g/mol. The van der Waals surface area contributed by atoms with Gasteiger partial charge in [-0.05, 0) is 37.5 Å². The van der Waals surface area contributed by atoms with Gasteiger partial charge in [0.15, 0.2) is 0 Å². The zero-order chi connectivity index (χ0) is 13.9. The third-order valence-electron chi connectivity index (χ3n) is 4.15. The molecule has 0 aliphatic heterocycles. The quantitative estimate of drug-likeness (QED) is 0.878. The monoisotopic (exact) mass is 264 g/mol. The number of amides is 1. The van der Waals surface area contributed by atoms with Crippen LogP contribution in [0.4, 0.5) is 4.39 Å². The van der Waals surface area contributed by atoms with Gasteiger partial charge >= 0.3 is 0 Å². The molecule has 1 unspecified atom stereocenters. The average Bonchev–Trinajstić information content (AvgIpc) is 2.89. The van der Waals surface area contributed by atoms with Crippen molar-refractivity contribution in [2.75, 3.05) is 6.54 Å². The fraction of sp³-hybridized carbons (Fsp3) is 0.533. The third-order valence-corrected chi connectivity index (χ3v) is 4.15. The van der Waals surface area contributed by atoms with Crippen LogP contribution in [0, 0.1) is 11.2 Å². The second kappa shape index (κ2) is 5.70. The van der Waals surface area contributed by atoms with Crippen molar-refractivity contribution >= 4 is 5.91 Å². The summed E-state index contributed by atoms with van der Waals surface area (Å²) < 4.78 is 12.9. The van der Waals surface area contributed by atoms with Gasteiger partial charge in [-0.1, -0.05) is 25.0 Å². The third kappa shape index (κ3) is 2.95. The highest BCUT2D eigenvalue weighted by molar-refractivity contribution is 5.83. The number of hydrogen-bond donors (Lipinski definition) is 2. The smallest absolute Gasteiger partial charge is 0.227 e. The van der Waals surface area contributed by atoms with Crippen LogP contribution in [-0.4, -0.2) is 12.5 Å². The second-order valence-corrected chi connectivity index (χ2v) is 5.44. The normalized spacial score (nSPS) is 19.1. The molecule has 1 aliphatic rings. The Morgan fingerprint density at radius 1 is 1.37 bits per heavy atom. The predicted octanol–water partition coefficient (Wildman–Crippen LogP) is 2.52. The van der Waals surface area contributed by atoms with Gasteiger partial charge in [0.1, 0.15) is 5.82 Å². The number of halogens is 1. The van der Waals surface area contributed by atoms with Crippen LogP contribution in [0.3, 0.4) is 0 Å². The number of carbonyl (C=O) groups is 1. The van der Waals surface area contributed by atoms with Gasteiger partial charge in [0.05, 0.1) is 11.5 Å². The minimum atomic E-state index is -0.395. The van der Waals surface area contributed by atoms with Crippen molar-refractivity contribution in [3.8, 4) is 0 Å². The summed E-state index contributed by atoms with van der Waals surface area (Å²) in [4.78, 5) is 12.4. The Balaban J connectivity index is 2.04. The molecule has 0 aromatic heterocycles. The Hall–Kier alpha value is -1.42. The van der Waals surface area contributed by atoms with Crippen LogP contribution in [0.2, 0.25) is 0 Å². The van der Waals surface area contributed by atoms with Gasteiger partial charge < -0.3 is 11.1 Å². The standard InChI is InChI=1S/C15H21FN2O/c1-11(12-4-6-13(16)7-5-12)18-14(19)15(10-17)8-2-3-9-15/h4-7,11H,2-3,8-10,17H2,1H3,(H,18,19). The van der Waals surface area contributed by atoms with Crippen LogP contribution >= 0.6 is 0 Å². The molecule has 1 saturated carbocycles. The van der Waals surface area contributed by atoms with E-state index in [0.29, 0.717) is 6.54 Å². The fourth-order valence-electron chi connectivity index (χ4n) is 2.76. The molecule has 3 nitrogen and oxygen atoms in total. The van der Waals surface area contributed by atoms with Crippen molar-refractivity contribution in [1.82, 2.24) is 5.32 Å². The van der Waals surface area contributed by atoms with E-state index in [9.17, 15) is 9.18 Å². The van der Waals surface area contributed by atoms with E-state index in [1.807, 2.05) is 6.92 Å². The van der Waals surface area contributed by atoms with Crippen LogP contribution in [-0.2, 0) is 4.79 Å². The lowest BCUT2D eigenvalue weighted by Crippen LogP contribution is -2.44. The lowest BCUT2D eigenvalue weighted by atomic mass is 9.85. The first-order valence-corrected chi connectivity index (χ1v) is 6.84. The summed E-state index contributed by atoms with van der Waals surface area (Å²) in [6.45, 7) is 2.30. The number of nitrogens with two attached hydrogens (primary N) is 1. The number of carbonyl (C=O) groups excluding carboxylic acids is 1. The van der Waals surface area contributed by atoms with E-state index < -0.39 is 5.41 Å². The summed E-state index contributed by atoms with van der Waals surface area (Å²) >= 11 is 0. The summed E-state index contributed by atoms with van der Waals surface area (Å²) in [5.74, 6) is -0.235. The van der Waals surface area contributed by atoms with Crippen molar-refractivity contribution < 1.29 is 9.18 Å². The van der Waals surface area contributed by atoms with Crippen molar-refractivity contribution in [3.05, 3.63) is 35.6 Å². The largest absolute Gasteiger partial charge is 0.349 e. The highest BCUT2D eigenvalue weighted by Crippen LogP contribution is 2.37. The molecule has 104 valence electrons. The maximum absolute atomic E-state index is 12.9. The molecule has 0 radical (unpaired) electrons. The minimum Gasteiger partial charge on any atom is -0.349 e. The molecular formula is C15H21FN2O. The summed E-state index contributed by atoms with van der Waals surface area (Å²) in [6, 6.07) is 6.09. The Morgan fingerprint density at radius 3 is 2.47 bits per heavy atom. The number of rotatable bonds is 4. The van der Waals surface area contributed by atoms with Crippen molar-refractivity contribution in [3.63, 3.8) is 0 Å². The molecule has 1 amide bonds. The number of benzene rings is 1. The first kappa shape index (κ1) is 14.0. The zero-order valence-corrected chi connectivity index (χ0v) is 11.3. The highest BCUT2D eigenvalue weighted by Gasteiger charge is 2.40. The Kier molecular flexibility index (Phi) is 4.20. The lowest BCUT2D eigenvalue weighted by molar-refractivity contribution is -0.131. The van der Waals surface area contributed by atoms with Crippen LogP contribution < -0.4 is 11.1 Å². The van der Waals surface area contributed by atoms with Crippen LogP contribution in [0.25, 0.3) is 0 Å². The van der Waals surface area contributed by atoms with E-state index in [-0.39, 0.29) is 17.8 Å². The van der Waals surface area contributed by atoms with Gasteiger partial charge in [-0.3, -0.25) is 4.79 Å². The molecule has 1 atom stereocenters. The summed E-state index contributed by atoms with van der Waals surface area (Å²) in [7, 11) is 0. The van der Waals surface area contributed by atoms with Gasteiger partial charge in [-0.25, -0.2) is 4.39 Å². The molecule has 2 rings (SSSR count). The summed E-state index contributed by atoms with van der Waals surface area (Å²) in [6.07, 6.45) is 3.86. The Morgan fingerprint density at radius 2 is 1.95 bits per heavy atom. The summed E-state index contributed by atoms with van der Waals surface area (Å²) in [5.41, 5.74) is 6.30. The van der Waals surface area contributed by atoms with E-state index in [4.69, 9.17) is 5.73 Å². The van der Waals surface area contributed by atoms with Gasteiger partial charge in [0.2, 0.25) is 5.91 Å². The van der Waals surface area contributed by atoms with Crippen molar-refractivity contribution in [2.24, 2.45) is 11.1 Å².